The first-order chi connectivity index (χ1) is 15.7. The van der Waals surface area contributed by atoms with E-state index in [1.807, 2.05) is 37.3 Å². The number of carboxylic acid groups (broad SMARTS) is 1. The van der Waals surface area contributed by atoms with Gasteiger partial charge < -0.3 is 19.3 Å². The minimum absolute atomic E-state index is 0.208. The molecule has 0 radical (unpaired) electrons. The molecule has 3 aromatic carbocycles. The van der Waals surface area contributed by atoms with Gasteiger partial charge in [0.05, 0.1) is 12.7 Å². The number of para-hydroxylation sites is 1. The Labute approximate surface area is 195 Å². The van der Waals surface area contributed by atoms with Crippen LogP contribution in [0, 0.1) is 0 Å². The third kappa shape index (κ3) is 7.36. The molecule has 8 heteroatoms. The maximum Gasteiger partial charge on any atom is 0.374 e. The Kier molecular flexibility index (Phi) is 8.11. The van der Waals surface area contributed by atoms with Gasteiger partial charge in [0, 0.05) is 23.9 Å². The number of hydrogen-bond acceptors (Lipinski definition) is 4. The molecule has 1 N–H and O–H groups in total. The van der Waals surface area contributed by atoms with E-state index in [0.29, 0.717) is 41.0 Å². The summed E-state index contributed by atoms with van der Waals surface area (Å²) in [5.74, 6) is -3.77. The standard InChI is InChI=1S/C25H23ClF2O5/c1-17(13-14-31-20-10-7-18(8-11-20)16-25(27,28)24(29)30)32-22-12-9-19(26)15-23(22)33-21-5-3-2-4-6-21/h2-12,15,17H,13-14,16H2,1H3,(H,29,30)/t17-/m1/s1. The molecule has 0 aliphatic carbocycles. The summed E-state index contributed by atoms with van der Waals surface area (Å²) in [6.45, 7) is 2.22. The van der Waals surface area contributed by atoms with Gasteiger partial charge in [-0.05, 0) is 48.9 Å². The van der Waals surface area contributed by atoms with Gasteiger partial charge in [0.1, 0.15) is 11.5 Å². The highest BCUT2D eigenvalue weighted by atomic mass is 35.5. The van der Waals surface area contributed by atoms with Crippen molar-refractivity contribution in [1.82, 2.24) is 0 Å². The predicted molar refractivity (Wildman–Crippen MR) is 121 cm³/mol. The van der Waals surface area contributed by atoms with Crippen molar-refractivity contribution < 1.29 is 32.9 Å². The molecule has 0 aliphatic rings. The number of carbonyl (C=O) groups is 1. The molecule has 0 fully saturated rings. The lowest BCUT2D eigenvalue weighted by atomic mass is 10.1. The smallest absolute Gasteiger partial charge is 0.374 e. The predicted octanol–water partition coefficient (Wildman–Crippen LogP) is 6.63. The van der Waals surface area contributed by atoms with Gasteiger partial charge >= 0.3 is 11.9 Å². The molecule has 174 valence electrons. The van der Waals surface area contributed by atoms with Crippen molar-refractivity contribution in [2.75, 3.05) is 6.61 Å². The van der Waals surface area contributed by atoms with Crippen molar-refractivity contribution in [1.29, 1.82) is 0 Å². The van der Waals surface area contributed by atoms with Crippen LogP contribution in [0.25, 0.3) is 0 Å². The third-order valence-electron chi connectivity index (χ3n) is 4.66. The van der Waals surface area contributed by atoms with Crippen molar-refractivity contribution >= 4 is 17.6 Å². The fraction of sp³-hybridized carbons (Fsp3) is 0.240. The number of rotatable bonds is 11. The number of halogens is 3. The van der Waals surface area contributed by atoms with Gasteiger partial charge in [0.25, 0.3) is 0 Å². The second kappa shape index (κ2) is 11.0. The zero-order valence-corrected chi connectivity index (χ0v) is 18.6. The van der Waals surface area contributed by atoms with Crippen LogP contribution in [0.4, 0.5) is 8.78 Å². The Hall–Kier alpha value is -3.32. The maximum atomic E-state index is 13.3. The number of benzene rings is 3. The Morgan fingerprint density at radius 2 is 1.70 bits per heavy atom. The number of carboxylic acids is 1. The highest BCUT2D eigenvalue weighted by Gasteiger charge is 2.38. The van der Waals surface area contributed by atoms with Crippen LogP contribution >= 0.6 is 11.6 Å². The van der Waals surface area contributed by atoms with Crippen LogP contribution < -0.4 is 14.2 Å². The summed E-state index contributed by atoms with van der Waals surface area (Å²) in [6, 6.07) is 20.3. The molecule has 0 saturated carbocycles. The normalized spacial score (nSPS) is 12.1. The summed E-state index contributed by atoms with van der Waals surface area (Å²) >= 11 is 6.11. The second-order valence-corrected chi connectivity index (χ2v) is 7.84. The van der Waals surface area contributed by atoms with Crippen molar-refractivity contribution in [3.8, 4) is 23.0 Å². The summed E-state index contributed by atoms with van der Waals surface area (Å²) < 4.78 is 44.2. The van der Waals surface area contributed by atoms with E-state index in [2.05, 4.69) is 0 Å². The van der Waals surface area contributed by atoms with Gasteiger partial charge in [-0.15, -0.1) is 0 Å². The van der Waals surface area contributed by atoms with Gasteiger partial charge in [0.2, 0.25) is 0 Å². The Bertz CT molecular complexity index is 1060. The van der Waals surface area contributed by atoms with Gasteiger partial charge in [-0.2, -0.15) is 8.78 Å². The van der Waals surface area contributed by atoms with E-state index in [4.69, 9.17) is 30.9 Å². The van der Waals surface area contributed by atoms with Crippen LogP contribution in [0.5, 0.6) is 23.0 Å². The monoisotopic (exact) mass is 476 g/mol. The minimum atomic E-state index is -3.81. The Morgan fingerprint density at radius 1 is 1.00 bits per heavy atom. The second-order valence-electron chi connectivity index (χ2n) is 7.40. The molecular formula is C25H23ClF2O5. The zero-order chi connectivity index (χ0) is 23.8. The molecule has 5 nitrogen and oxygen atoms in total. The lowest BCUT2D eigenvalue weighted by molar-refractivity contribution is -0.164. The van der Waals surface area contributed by atoms with Gasteiger partial charge in [0.15, 0.2) is 11.5 Å². The molecule has 0 heterocycles. The van der Waals surface area contributed by atoms with Crippen LogP contribution in [0.2, 0.25) is 5.02 Å². The molecule has 33 heavy (non-hydrogen) atoms. The lowest BCUT2D eigenvalue weighted by Crippen LogP contribution is -2.30. The summed E-state index contributed by atoms with van der Waals surface area (Å²) in [5.41, 5.74) is 0.208. The summed E-state index contributed by atoms with van der Waals surface area (Å²) in [7, 11) is 0. The number of hydrogen-bond donors (Lipinski definition) is 1. The van der Waals surface area contributed by atoms with E-state index in [1.54, 1.807) is 18.2 Å². The molecule has 3 rings (SSSR count). The molecule has 0 spiro atoms. The molecular weight excluding hydrogens is 454 g/mol. The molecule has 1 atom stereocenters. The minimum Gasteiger partial charge on any atom is -0.493 e. The lowest BCUT2D eigenvalue weighted by Gasteiger charge is -2.18. The van der Waals surface area contributed by atoms with E-state index in [1.165, 1.54) is 24.3 Å². The first kappa shape index (κ1) is 24.3. The average Bonchev–Trinajstić information content (AvgIpc) is 2.77. The fourth-order valence-electron chi connectivity index (χ4n) is 2.93. The molecule has 0 aromatic heterocycles. The van der Waals surface area contributed by atoms with Gasteiger partial charge in [-0.25, -0.2) is 4.79 Å². The molecule has 0 saturated heterocycles. The largest absolute Gasteiger partial charge is 0.493 e. The van der Waals surface area contributed by atoms with Crippen molar-refractivity contribution in [3.63, 3.8) is 0 Å². The molecule has 3 aromatic rings. The first-order valence-corrected chi connectivity index (χ1v) is 10.6. The Morgan fingerprint density at radius 3 is 2.36 bits per heavy atom. The van der Waals surface area contributed by atoms with Crippen LogP contribution in [-0.2, 0) is 11.2 Å². The van der Waals surface area contributed by atoms with Gasteiger partial charge in [-0.3, -0.25) is 0 Å². The first-order valence-electron chi connectivity index (χ1n) is 10.2. The highest BCUT2D eigenvalue weighted by Crippen LogP contribution is 2.35. The number of alkyl halides is 2. The maximum absolute atomic E-state index is 13.3. The van der Waals surface area contributed by atoms with Crippen LogP contribution in [0.15, 0.2) is 72.8 Å². The van der Waals surface area contributed by atoms with E-state index in [9.17, 15) is 13.6 Å². The van der Waals surface area contributed by atoms with Crippen molar-refractivity contribution in [2.24, 2.45) is 0 Å². The van der Waals surface area contributed by atoms with Crippen LogP contribution in [0.1, 0.15) is 18.9 Å². The van der Waals surface area contributed by atoms with Crippen LogP contribution in [-0.4, -0.2) is 29.7 Å². The van der Waals surface area contributed by atoms with Gasteiger partial charge in [-0.1, -0.05) is 41.9 Å². The van der Waals surface area contributed by atoms with Crippen molar-refractivity contribution in [3.05, 3.63) is 83.4 Å². The fourth-order valence-corrected chi connectivity index (χ4v) is 3.09. The topological polar surface area (TPSA) is 65.0 Å². The molecule has 0 unspecified atom stereocenters. The summed E-state index contributed by atoms with van der Waals surface area (Å²) in [6.07, 6.45) is -0.536. The van der Waals surface area contributed by atoms with Crippen LogP contribution in [0.3, 0.4) is 0 Å². The quantitative estimate of drug-likeness (QED) is 0.336. The Balaban J connectivity index is 1.52. The van der Waals surface area contributed by atoms with E-state index < -0.39 is 18.3 Å². The molecule has 0 amide bonds. The summed E-state index contributed by atoms with van der Waals surface area (Å²) in [5, 5.41) is 9.06. The highest BCUT2D eigenvalue weighted by molar-refractivity contribution is 6.30. The van der Waals surface area contributed by atoms with Crippen molar-refractivity contribution in [2.45, 2.75) is 31.8 Å². The number of ether oxygens (including phenoxy) is 3. The molecule has 0 bridgehead atoms. The van der Waals surface area contributed by atoms with E-state index in [-0.39, 0.29) is 11.7 Å². The molecule has 0 aliphatic heterocycles. The average molecular weight is 477 g/mol. The number of aliphatic carboxylic acids is 1. The SMILES string of the molecule is C[C@H](CCOc1ccc(CC(F)(F)C(=O)O)cc1)Oc1ccc(Cl)cc1Oc1ccccc1. The van der Waals surface area contributed by atoms with E-state index in [0.717, 1.165) is 0 Å². The zero-order valence-electron chi connectivity index (χ0n) is 17.8. The third-order valence-corrected chi connectivity index (χ3v) is 4.90. The summed E-state index contributed by atoms with van der Waals surface area (Å²) in [4.78, 5) is 10.6. The van der Waals surface area contributed by atoms with E-state index >= 15 is 0 Å².